The highest BCUT2D eigenvalue weighted by molar-refractivity contribution is 8.00. The van der Waals surface area contributed by atoms with Crippen molar-refractivity contribution in [2.45, 2.75) is 11.4 Å². The van der Waals surface area contributed by atoms with Crippen molar-refractivity contribution in [2.24, 2.45) is 0 Å². The predicted molar refractivity (Wildman–Crippen MR) is 105 cm³/mol. The van der Waals surface area contributed by atoms with Gasteiger partial charge in [0.1, 0.15) is 5.76 Å². The van der Waals surface area contributed by atoms with Gasteiger partial charge in [-0.2, -0.15) is 0 Å². The lowest BCUT2D eigenvalue weighted by atomic mass is 10.1. The average molecular weight is 398 g/mol. The van der Waals surface area contributed by atoms with Crippen molar-refractivity contribution in [1.82, 2.24) is 10.6 Å². The van der Waals surface area contributed by atoms with Gasteiger partial charge in [0.05, 0.1) is 18.6 Å². The normalized spacial score (nSPS) is 10.4. The molecule has 28 heavy (non-hydrogen) atoms. The Bertz CT molecular complexity index is 972. The molecule has 144 valence electrons. The van der Waals surface area contributed by atoms with Crippen molar-refractivity contribution in [3.63, 3.8) is 0 Å². The first-order valence-corrected chi connectivity index (χ1v) is 9.46. The van der Waals surface area contributed by atoms with E-state index in [1.54, 1.807) is 12.1 Å². The monoisotopic (exact) mass is 398 g/mol. The van der Waals surface area contributed by atoms with E-state index in [2.05, 4.69) is 10.6 Å². The Balaban J connectivity index is 1.36. The number of rotatable bonds is 7. The number of nitrogens with one attached hydrogen (secondary N) is 2. The van der Waals surface area contributed by atoms with Crippen molar-refractivity contribution in [3.05, 3.63) is 66.6 Å². The second-order valence-corrected chi connectivity index (χ2v) is 6.82. The summed E-state index contributed by atoms with van der Waals surface area (Å²) in [4.78, 5) is 36.0. The lowest BCUT2D eigenvalue weighted by Gasteiger charge is -2.07. The number of carbonyl (C=O) groups excluding carboxylic acids is 3. The fourth-order valence-corrected chi connectivity index (χ4v) is 3.12. The van der Waals surface area contributed by atoms with Crippen molar-refractivity contribution in [1.29, 1.82) is 0 Å². The zero-order valence-corrected chi connectivity index (χ0v) is 15.7. The molecule has 3 amide bonds. The Labute approximate surface area is 165 Å². The number of thioether (sulfide) groups is 1. The van der Waals surface area contributed by atoms with Crippen LogP contribution in [-0.4, -0.2) is 30.3 Å². The molecular weight excluding hydrogens is 380 g/mol. The molecule has 2 N–H and O–H groups in total. The first kappa shape index (κ1) is 19.5. The highest BCUT2D eigenvalue weighted by atomic mass is 32.2. The molecule has 0 bridgehead atoms. The van der Waals surface area contributed by atoms with Gasteiger partial charge in [-0.1, -0.05) is 30.3 Å². The second kappa shape index (κ2) is 9.61. The number of furan rings is 1. The predicted octanol–water partition coefficient (Wildman–Crippen LogP) is 3.09. The summed E-state index contributed by atoms with van der Waals surface area (Å²) in [6, 6.07) is 16.5. The quantitative estimate of drug-likeness (QED) is 0.469. The SMILES string of the molecule is O=C(COC(=O)CSc1ccc2ccccc2c1)NC(=O)NCc1ccco1. The minimum absolute atomic E-state index is 0.0658. The van der Waals surface area contributed by atoms with Crippen LogP contribution in [0.1, 0.15) is 5.76 Å². The minimum Gasteiger partial charge on any atom is -0.467 e. The van der Waals surface area contributed by atoms with E-state index in [1.165, 1.54) is 18.0 Å². The van der Waals surface area contributed by atoms with E-state index in [1.807, 2.05) is 42.5 Å². The fraction of sp³-hybridized carbons (Fsp3) is 0.150. The van der Waals surface area contributed by atoms with Gasteiger partial charge >= 0.3 is 12.0 Å². The molecule has 0 aliphatic carbocycles. The van der Waals surface area contributed by atoms with Gasteiger partial charge in [0.15, 0.2) is 6.61 Å². The smallest absolute Gasteiger partial charge is 0.321 e. The van der Waals surface area contributed by atoms with Gasteiger partial charge in [-0.25, -0.2) is 4.79 Å². The molecule has 0 fully saturated rings. The highest BCUT2D eigenvalue weighted by Crippen LogP contribution is 2.23. The number of fused-ring (bicyclic) bond motifs is 1. The second-order valence-electron chi connectivity index (χ2n) is 5.77. The van der Waals surface area contributed by atoms with Crippen molar-refractivity contribution in [3.8, 4) is 0 Å². The molecule has 1 aromatic heterocycles. The maximum atomic E-state index is 11.8. The Hall–Kier alpha value is -3.26. The van der Waals surface area contributed by atoms with Crippen LogP contribution < -0.4 is 10.6 Å². The number of benzene rings is 2. The van der Waals surface area contributed by atoms with Gasteiger partial charge in [0.2, 0.25) is 0 Å². The molecular formula is C20H18N2O5S. The molecule has 3 rings (SSSR count). The van der Waals surface area contributed by atoms with Crippen LogP contribution in [0.25, 0.3) is 10.8 Å². The van der Waals surface area contributed by atoms with Crippen LogP contribution in [0.15, 0.2) is 70.2 Å². The summed E-state index contributed by atoms with van der Waals surface area (Å²) in [5.41, 5.74) is 0. The Kier molecular flexibility index (Phi) is 6.69. The zero-order valence-electron chi connectivity index (χ0n) is 14.8. The number of esters is 1. The van der Waals surface area contributed by atoms with Gasteiger partial charge in [0.25, 0.3) is 5.91 Å². The molecule has 0 saturated heterocycles. The molecule has 3 aromatic rings. The number of urea groups is 1. The molecule has 8 heteroatoms. The summed E-state index contributed by atoms with van der Waals surface area (Å²) in [6.45, 7) is -0.375. The third kappa shape index (κ3) is 5.88. The lowest BCUT2D eigenvalue weighted by molar-refractivity contribution is -0.145. The highest BCUT2D eigenvalue weighted by Gasteiger charge is 2.11. The maximum Gasteiger partial charge on any atom is 0.321 e. The van der Waals surface area contributed by atoms with Crippen molar-refractivity contribution < 1.29 is 23.5 Å². The van der Waals surface area contributed by atoms with Crippen LogP contribution in [0.5, 0.6) is 0 Å². The number of ether oxygens (including phenoxy) is 1. The van der Waals surface area contributed by atoms with Crippen LogP contribution in [0.4, 0.5) is 4.79 Å². The van der Waals surface area contributed by atoms with E-state index >= 15 is 0 Å². The molecule has 0 unspecified atom stereocenters. The van der Waals surface area contributed by atoms with E-state index in [9.17, 15) is 14.4 Å². The third-order valence-electron chi connectivity index (χ3n) is 3.70. The summed E-state index contributed by atoms with van der Waals surface area (Å²) >= 11 is 1.32. The average Bonchev–Trinajstić information content (AvgIpc) is 3.22. The van der Waals surface area contributed by atoms with Crippen LogP contribution in [0.2, 0.25) is 0 Å². The summed E-state index contributed by atoms with van der Waals surface area (Å²) in [6.07, 6.45) is 1.48. The summed E-state index contributed by atoms with van der Waals surface area (Å²) in [5, 5.41) is 6.74. The molecule has 1 heterocycles. The van der Waals surface area contributed by atoms with Crippen LogP contribution in [-0.2, 0) is 20.9 Å². The zero-order chi connectivity index (χ0) is 19.8. The molecule has 0 atom stereocenters. The summed E-state index contributed by atoms with van der Waals surface area (Å²) in [5.74, 6) is -0.624. The molecule has 0 aliphatic heterocycles. The first-order valence-electron chi connectivity index (χ1n) is 8.47. The number of hydrogen-bond donors (Lipinski definition) is 2. The Morgan fingerprint density at radius 2 is 1.82 bits per heavy atom. The molecule has 0 saturated carbocycles. The van der Waals surface area contributed by atoms with Gasteiger partial charge in [-0.05, 0) is 35.0 Å². The number of hydrogen-bond acceptors (Lipinski definition) is 6. The van der Waals surface area contributed by atoms with Crippen LogP contribution >= 0.6 is 11.8 Å². The van der Waals surface area contributed by atoms with Crippen LogP contribution in [0, 0.1) is 0 Å². The molecule has 0 spiro atoms. The maximum absolute atomic E-state index is 11.8. The topological polar surface area (TPSA) is 97.6 Å². The lowest BCUT2D eigenvalue weighted by Crippen LogP contribution is -2.41. The fourth-order valence-electron chi connectivity index (χ4n) is 2.37. The largest absolute Gasteiger partial charge is 0.467 e. The Morgan fingerprint density at radius 3 is 2.61 bits per heavy atom. The summed E-state index contributed by atoms with van der Waals surface area (Å²) in [7, 11) is 0. The van der Waals surface area contributed by atoms with Gasteiger partial charge < -0.3 is 14.5 Å². The molecule has 0 radical (unpaired) electrons. The van der Waals surface area contributed by atoms with E-state index in [0.29, 0.717) is 5.76 Å². The number of amides is 3. The molecule has 0 aliphatic rings. The minimum atomic E-state index is -0.707. The molecule has 2 aromatic carbocycles. The van der Waals surface area contributed by atoms with E-state index in [0.717, 1.165) is 15.7 Å². The third-order valence-corrected chi connectivity index (χ3v) is 4.67. The van der Waals surface area contributed by atoms with Crippen LogP contribution in [0.3, 0.4) is 0 Å². The first-order chi connectivity index (χ1) is 13.6. The molecule has 7 nitrogen and oxygen atoms in total. The van der Waals surface area contributed by atoms with Gasteiger partial charge in [-0.3, -0.25) is 14.9 Å². The van der Waals surface area contributed by atoms with Crippen molar-refractivity contribution >= 4 is 40.4 Å². The van der Waals surface area contributed by atoms with Gasteiger partial charge in [-0.15, -0.1) is 11.8 Å². The van der Waals surface area contributed by atoms with E-state index in [4.69, 9.17) is 9.15 Å². The number of imide groups is 1. The standard InChI is InChI=1S/C20H18N2O5S/c23-18(22-20(25)21-11-16-6-3-9-26-16)12-27-19(24)13-28-17-8-7-14-4-1-2-5-15(14)10-17/h1-10H,11-13H2,(H2,21,22,23,25). The van der Waals surface area contributed by atoms with E-state index in [-0.39, 0.29) is 12.3 Å². The van der Waals surface area contributed by atoms with Gasteiger partial charge in [0, 0.05) is 4.90 Å². The Morgan fingerprint density at radius 1 is 1.00 bits per heavy atom. The summed E-state index contributed by atoms with van der Waals surface area (Å²) < 4.78 is 9.95. The number of carbonyl (C=O) groups is 3. The van der Waals surface area contributed by atoms with E-state index < -0.39 is 24.5 Å². The van der Waals surface area contributed by atoms with Crippen molar-refractivity contribution in [2.75, 3.05) is 12.4 Å².